The molecular formula is C16H31NO. The fourth-order valence-corrected chi connectivity index (χ4v) is 2.90. The molecule has 2 heteroatoms. The van der Waals surface area contributed by atoms with Gasteiger partial charge >= 0.3 is 0 Å². The van der Waals surface area contributed by atoms with Gasteiger partial charge in [0.05, 0.1) is 0 Å². The lowest BCUT2D eigenvalue weighted by molar-refractivity contribution is -0.120. The number of hydrogen-bond acceptors (Lipinski definition) is 2. The molecular weight excluding hydrogens is 222 g/mol. The van der Waals surface area contributed by atoms with E-state index in [0.29, 0.717) is 11.7 Å². The Morgan fingerprint density at radius 3 is 2.61 bits per heavy atom. The van der Waals surface area contributed by atoms with Crippen LogP contribution >= 0.6 is 0 Å². The summed E-state index contributed by atoms with van der Waals surface area (Å²) in [6, 6.07) is 0. The number of carbonyl (C=O) groups is 1. The van der Waals surface area contributed by atoms with Crippen molar-refractivity contribution in [3.63, 3.8) is 0 Å². The second kappa shape index (κ2) is 9.55. The van der Waals surface area contributed by atoms with Crippen molar-refractivity contribution in [1.29, 1.82) is 0 Å². The molecule has 1 atom stereocenters. The van der Waals surface area contributed by atoms with E-state index in [1.807, 2.05) is 0 Å². The molecule has 0 radical (unpaired) electrons. The monoisotopic (exact) mass is 253 g/mol. The van der Waals surface area contributed by atoms with Crippen molar-refractivity contribution in [3.05, 3.63) is 0 Å². The highest BCUT2D eigenvalue weighted by Crippen LogP contribution is 2.21. The van der Waals surface area contributed by atoms with E-state index in [4.69, 9.17) is 0 Å². The van der Waals surface area contributed by atoms with Gasteiger partial charge in [0.1, 0.15) is 5.78 Å². The van der Waals surface area contributed by atoms with Gasteiger partial charge in [-0.1, -0.05) is 39.5 Å². The summed E-state index contributed by atoms with van der Waals surface area (Å²) in [7, 11) is 0. The summed E-state index contributed by atoms with van der Waals surface area (Å²) in [5.41, 5.74) is 0. The molecule has 1 rings (SSSR count). The van der Waals surface area contributed by atoms with Crippen LogP contribution in [-0.4, -0.2) is 18.9 Å². The first kappa shape index (κ1) is 15.7. The first-order valence-electron chi connectivity index (χ1n) is 7.98. The topological polar surface area (TPSA) is 29.1 Å². The summed E-state index contributed by atoms with van der Waals surface area (Å²) in [4.78, 5) is 12.0. The van der Waals surface area contributed by atoms with E-state index in [0.717, 1.165) is 38.3 Å². The van der Waals surface area contributed by atoms with Crippen LogP contribution in [0.2, 0.25) is 0 Å². The van der Waals surface area contributed by atoms with Crippen LogP contribution in [0.1, 0.15) is 71.6 Å². The van der Waals surface area contributed by atoms with Gasteiger partial charge in [-0.2, -0.15) is 0 Å². The number of piperidine rings is 1. The number of unbranched alkanes of at least 4 members (excludes halogenated alkanes) is 1. The van der Waals surface area contributed by atoms with Crippen molar-refractivity contribution >= 4 is 5.78 Å². The van der Waals surface area contributed by atoms with Crippen LogP contribution in [0.15, 0.2) is 0 Å². The molecule has 0 amide bonds. The number of carbonyl (C=O) groups excluding carboxylic acids is 1. The quantitative estimate of drug-likeness (QED) is 0.674. The third-order valence-corrected chi connectivity index (χ3v) is 4.35. The number of nitrogens with one attached hydrogen (secondary N) is 1. The molecule has 0 saturated carbocycles. The lowest BCUT2D eigenvalue weighted by Crippen LogP contribution is -2.28. The third kappa shape index (κ3) is 6.53. The van der Waals surface area contributed by atoms with Gasteiger partial charge in [0.2, 0.25) is 0 Å². The minimum atomic E-state index is 0.511. The Balaban J connectivity index is 2.14. The highest BCUT2D eigenvalue weighted by atomic mass is 16.1. The van der Waals surface area contributed by atoms with E-state index in [9.17, 15) is 4.79 Å². The van der Waals surface area contributed by atoms with Gasteiger partial charge in [-0.05, 0) is 44.2 Å². The average Bonchev–Trinajstić information content (AvgIpc) is 2.42. The van der Waals surface area contributed by atoms with E-state index in [1.54, 1.807) is 0 Å². The lowest BCUT2D eigenvalue weighted by Gasteiger charge is -2.22. The largest absolute Gasteiger partial charge is 0.317 e. The molecule has 0 aromatic carbocycles. The van der Waals surface area contributed by atoms with Crippen LogP contribution in [-0.2, 0) is 4.79 Å². The SMILES string of the molecule is CCCCC(CC)CC(=O)CCC1CCNCC1. The number of rotatable bonds is 9. The highest BCUT2D eigenvalue weighted by molar-refractivity contribution is 5.78. The van der Waals surface area contributed by atoms with Gasteiger partial charge in [-0.25, -0.2) is 0 Å². The zero-order valence-electron chi connectivity index (χ0n) is 12.3. The minimum absolute atomic E-state index is 0.511. The minimum Gasteiger partial charge on any atom is -0.317 e. The smallest absolute Gasteiger partial charge is 0.133 e. The summed E-state index contributed by atoms with van der Waals surface area (Å²) in [6.45, 7) is 6.74. The fourth-order valence-electron chi connectivity index (χ4n) is 2.90. The summed E-state index contributed by atoms with van der Waals surface area (Å²) < 4.78 is 0. The fraction of sp³-hybridized carbons (Fsp3) is 0.938. The van der Waals surface area contributed by atoms with Gasteiger partial charge in [-0.3, -0.25) is 4.79 Å². The van der Waals surface area contributed by atoms with Crippen molar-refractivity contribution < 1.29 is 4.79 Å². The van der Waals surface area contributed by atoms with Gasteiger partial charge in [0, 0.05) is 12.8 Å². The van der Waals surface area contributed by atoms with Gasteiger partial charge < -0.3 is 5.32 Å². The Morgan fingerprint density at radius 1 is 1.28 bits per heavy atom. The van der Waals surface area contributed by atoms with Crippen LogP contribution in [0, 0.1) is 11.8 Å². The van der Waals surface area contributed by atoms with Gasteiger partial charge in [-0.15, -0.1) is 0 Å². The van der Waals surface area contributed by atoms with E-state index >= 15 is 0 Å². The second-order valence-corrected chi connectivity index (χ2v) is 5.89. The van der Waals surface area contributed by atoms with Crippen molar-refractivity contribution in [3.8, 4) is 0 Å². The van der Waals surface area contributed by atoms with Crippen molar-refractivity contribution in [2.45, 2.75) is 71.6 Å². The van der Waals surface area contributed by atoms with Crippen LogP contribution in [0.3, 0.4) is 0 Å². The van der Waals surface area contributed by atoms with E-state index in [1.165, 1.54) is 38.5 Å². The van der Waals surface area contributed by atoms with Crippen molar-refractivity contribution in [1.82, 2.24) is 5.32 Å². The van der Waals surface area contributed by atoms with Crippen LogP contribution < -0.4 is 5.32 Å². The molecule has 1 N–H and O–H groups in total. The highest BCUT2D eigenvalue weighted by Gasteiger charge is 2.16. The molecule has 2 nitrogen and oxygen atoms in total. The lowest BCUT2D eigenvalue weighted by atomic mass is 9.88. The molecule has 0 aromatic rings. The first-order valence-corrected chi connectivity index (χ1v) is 7.98. The molecule has 1 saturated heterocycles. The Hall–Kier alpha value is -0.370. The van der Waals surface area contributed by atoms with Gasteiger partial charge in [0.25, 0.3) is 0 Å². The maximum absolute atomic E-state index is 12.0. The third-order valence-electron chi connectivity index (χ3n) is 4.35. The molecule has 1 aliphatic heterocycles. The standard InChI is InChI=1S/C16H31NO/c1-3-5-6-14(4-2)13-16(18)8-7-15-9-11-17-12-10-15/h14-15,17H,3-13H2,1-2H3. The van der Waals surface area contributed by atoms with Crippen LogP contribution in [0.4, 0.5) is 0 Å². The van der Waals surface area contributed by atoms with E-state index < -0.39 is 0 Å². The summed E-state index contributed by atoms with van der Waals surface area (Å²) in [5, 5.41) is 3.38. The zero-order valence-corrected chi connectivity index (χ0v) is 12.3. The maximum atomic E-state index is 12.0. The molecule has 106 valence electrons. The number of Topliss-reactive ketones (excluding diaryl/α,β-unsaturated/α-hetero) is 1. The van der Waals surface area contributed by atoms with E-state index in [-0.39, 0.29) is 0 Å². The first-order chi connectivity index (χ1) is 8.76. The second-order valence-electron chi connectivity index (χ2n) is 5.89. The van der Waals surface area contributed by atoms with Crippen molar-refractivity contribution in [2.24, 2.45) is 11.8 Å². The molecule has 1 unspecified atom stereocenters. The Morgan fingerprint density at radius 2 is 2.00 bits per heavy atom. The van der Waals surface area contributed by atoms with Crippen molar-refractivity contribution in [2.75, 3.05) is 13.1 Å². The Bertz CT molecular complexity index is 221. The molecule has 1 fully saturated rings. The van der Waals surface area contributed by atoms with Gasteiger partial charge in [0.15, 0.2) is 0 Å². The Labute approximate surface area is 113 Å². The van der Waals surface area contributed by atoms with Crippen LogP contribution in [0.5, 0.6) is 0 Å². The Kier molecular flexibility index (Phi) is 8.32. The average molecular weight is 253 g/mol. The molecule has 0 aromatic heterocycles. The predicted molar refractivity (Wildman–Crippen MR) is 77.8 cm³/mol. The number of hydrogen-bond donors (Lipinski definition) is 1. The zero-order chi connectivity index (χ0) is 13.2. The van der Waals surface area contributed by atoms with E-state index in [2.05, 4.69) is 19.2 Å². The molecule has 1 aliphatic rings. The summed E-state index contributed by atoms with van der Waals surface area (Å²) in [5.74, 6) is 1.95. The van der Waals surface area contributed by atoms with Crippen LogP contribution in [0.25, 0.3) is 0 Å². The molecule has 0 bridgehead atoms. The predicted octanol–water partition coefficient (Wildman–Crippen LogP) is 3.94. The normalized spacial score (nSPS) is 18.8. The molecule has 1 heterocycles. The molecule has 0 aliphatic carbocycles. The number of ketones is 1. The maximum Gasteiger partial charge on any atom is 0.133 e. The molecule has 0 spiro atoms. The molecule has 18 heavy (non-hydrogen) atoms. The summed E-state index contributed by atoms with van der Waals surface area (Å²) in [6.07, 6.45) is 10.3. The summed E-state index contributed by atoms with van der Waals surface area (Å²) >= 11 is 0.